The standard InChI is InChI=1S/C24H28O2Si/c1-24(2,3)21-16-20(14-15-22(21)25)26-17-27-23(18-10-6-4-7-11-18)19-12-8-5-9-13-19/h4-16,23,25H,17,27H2,1-3H3. The number of aromatic hydroxyl groups is 1. The Labute approximate surface area is 164 Å². The van der Waals surface area contributed by atoms with Gasteiger partial charge in [0, 0.05) is 11.1 Å². The largest absolute Gasteiger partial charge is 0.508 e. The molecule has 0 aromatic heterocycles. The van der Waals surface area contributed by atoms with Crippen LogP contribution in [0.1, 0.15) is 43.0 Å². The molecule has 0 aliphatic carbocycles. The molecule has 0 spiro atoms. The molecule has 0 saturated carbocycles. The fraction of sp³-hybridized carbons (Fsp3) is 0.250. The topological polar surface area (TPSA) is 29.5 Å². The Hall–Kier alpha value is -2.52. The molecule has 3 rings (SSSR count). The molecule has 27 heavy (non-hydrogen) atoms. The number of rotatable bonds is 6. The van der Waals surface area contributed by atoms with Crippen molar-refractivity contribution < 1.29 is 9.84 Å². The summed E-state index contributed by atoms with van der Waals surface area (Å²) in [6.45, 7) is 6.30. The molecule has 0 atom stereocenters. The molecule has 0 amide bonds. The van der Waals surface area contributed by atoms with E-state index in [4.69, 9.17) is 4.74 Å². The molecule has 0 radical (unpaired) electrons. The molecular weight excluding hydrogens is 348 g/mol. The first kappa shape index (κ1) is 19.2. The molecule has 0 aliphatic heterocycles. The minimum atomic E-state index is -0.556. The van der Waals surface area contributed by atoms with Gasteiger partial charge in [0.2, 0.25) is 0 Å². The van der Waals surface area contributed by atoms with Crippen molar-refractivity contribution in [1.29, 1.82) is 0 Å². The third-order valence-electron chi connectivity index (χ3n) is 4.86. The van der Waals surface area contributed by atoms with Gasteiger partial charge in [0.1, 0.15) is 11.5 Å². The maximum Gasteiger partial charge on any atom is 0.119 e. The van der Waals surface area contributed by atoms with E-state index in [0.717, 1.165) is 17.5 Å². The fourth-order valence-electron chi connectivity index (χ4n) is 3.40. The molecule has 3 aromatic rings. The third kappa shape index (κ3) is 5.01. The maximum atomic E-state index is 10.1. The number of phenols is 1. The molecule has 0 aliphatic rings. The normalized spacial score (nSPS) is 12.0. The summed E-state index contributed by atoms with van der Waals surface area (Å²) in [4.78, 5) is 0. The smallest absolute Gasteiger partial charge is 0.119 e. The van der Waals surface area contributed by atoms with E-state index in [1.807, 2.05) is 12.1 Å². The number of phenolic OH excluding ortho intramolecular Hbond substituents is 1. The minimum Gasteiger partial charge on any atom is -0.508 e. The van der Waals surface area contributed by atoms with E-state index in [1.54, 1.807) is 6.07 Å². The van der Waals surface area contributed by atoms with Gasteiger partial charge in [0.25, 0.3) is 0 Å². The zero-order valence-electron chi connectivity index (χ0n) is 16.4. The van der Waals surface area contributed by atoms with Crippen molar-refractivity contribution >= 4 is 9.52 Å². The monoisotopic (exact) mass is 376 g/mol. The number of ether oxygens (including phenoxy) is 1. The van der Waals surface area contributed by atoms with Gasteiger partial charge in [-0.05, 0) is 34.7 Å². The van der Waals surface area contributed by atoms with E-state index in [-0.39, 0.29) is 5.41 Å². The molecule has 0 fully saturated rings. The zero-order valence-corrected chi connectivity index (χ0v) is 17.8. The van der Waals surface area contributed by atoms with Crippen LogP contribution in [0, 0.1) is 0 Å². The van der Waals surface area contributed by atoms with Crippen LogP contribution in [0.4, 0.5) is 0 Å². The molecule has 2 nitrogen and oxygen atoms in total. The lowest BCUT2D eigenvalue weighted by molar-refractivity contribution is 0.378. The molecule has 3 heteroatoms. The van der Waals surface area contributed by atoms with Gasteiger partial charge in [-0.3, -0.25) is 0 Å². The van der Waals surface area contributed by atoms with Gasteiger partial charge < -0.3 is 9.84 Å². The van der Waals surface area contributed by atoms with Crippen LogP contribution in [0.3, 0.4) is 0 Å². The summed E-state index contributed by atoms with van der Waals surface area (Å²) in [6, 6.07) is 27.0. The van der Waals surface area contributed by atoms with E-state index in [0.29, 0.717) is 11.3 Å². The molecule has 1 N–H and O–H groups in total. The Bertz CT molecular complexity index is 815. The first-order chi connectivity index (χ1) is 12.9. The number of benzene rings is 3. The van der Waals surface area contributed by atoms with Crippen molar-refractivity contribution in [3.8, 4) is 11.5 Å². The number of hydrogen-bond acceptors (Lipinski definition) is 2. The van der Waals surface area contributed by atoms with E-state index in [2.05, 4.69) is 81.4 Å². The van der Waals surface area contributed by atoms with Crippen LogP contribution < -0.4 is 4.74 Å². The van der Waals surface area contributed by atoms with Crippen LogP contribution in [-0.4, -0.2) is 20.9 Å². The van der Waals surface area contributed by atoms with Gasteiger partial charge in [0.05, 0.1) is 15.7 Å². The highest BCUT2D eigenvalue weighted by atomic mass is 28.2. The minimum absolute atomic E-state index is 0.114. The van der Waals surface area contributed by atoms with Crippen molar-refractivity contribution in [2.24, 2.45) is 0 Å². The van der Waals surface area contributed by atoms with Crippen LogP contribution in [0.25, 0.3) is 0 Å². The second kappa shape index (κ2) is 8.44. The summed E-state index contributed by atoms with van der Waals surface area (Å²) in [6.07, 6.45) is 0.753. The average molecular weight is 377 g/mol. The van der Waals surface area contributed by atoms with Crippen LogP contribution in [0.2, 0.25) is 0 Å². The predicted octanol–water partition coefficient (Wildman–Crippen LogP) is 4.98. The Balaban J connectivity index is 1.74. The fourth-order valence-corrected chi connectivity index (χ4v) is 5.20. The zero-order chi connectivity index (χ0) is 19.3. The SMILES string of the molecule is CC(C)(C)c1cc(OC[SiH2]C(c2ccccc2)c2ccccc2)ccc1O. The van der Waals surface area contributed by atoms with E-state index in [9.17, 15) is 5.11 Å². The van der Waals surface area contributed by atoms with Crippen LogP contribution >= 0.6 is 0 Å². The lowest BCUT2D eigenvalue weighted by Crippen LogP contribution is -2.18. The molecule has 0 saturated heterocycles. The van der Waals surface area contributed by atoms with E-state index < -0.39 is 9.52 Å². The van der Waals surface area contributed by atoms with Gasteiger partial charge >= 0.3 is 0 Å². The van der Waals surface area contributed by atoms with Gasteiger partial charge in [-0.2, -0.15) is 0 Å². The summed E-state index contributed by atoms with van der Waals surface area (Å²) in [5, 5.41) is 10.1. The highest BCUT2D eigenvalue weighted by Crippen LogP contribution is 2.33. The van der Waals surface area contributed by atoms with Gasteiger partial charge in [-0.1, -0.05) is 81.4 Å². The molecule has 0 heterocycles. The Kier molecular flexibility index (Phi) is 6.02. The van der Waals surface area contributed by atoms with Crippen LogP contribution in [0.5, 0.6) is 11.5 Å². The van der Waals surface area contributed by atoms with Gasteiger partial charge in [-0.25, -0.2) is 0 Å². The first-order valence-corrected chi connectivity index (χ1v) is 11.3. The predicted molar refractivity (Wildman–Crippen MR) is 116 cm³/mol. The van der Waals surface area contributed by atoms with Crippen molar-refractivity contribution in [3.05, 3.63) is 95.6 Å². The summed E-state index contributed by atoms with van der Waals surface area (Å²) < 4.78 is 6.12. The second-order valence-electron chi connectivity index (χ2n) is 7.94. The van der Waals surface area contributed by atoms with Crippen molar-refractivity contribution in [2.45, 2.75) is 31.7 Å². The van der Waals surface area contributed by atoms with Gasteiger partial charge in [-0.15, -0.1) is 0 Å². The second-order valence-corrected chi connectivity index (χ2v) is 9.74. The average Bonchev–Trinajstić information content (AvgIpc) is 2.67. The summed E-state index contributed by atoms with van der Waals surface area (Å²) in [5.41, 5.74) is 3.97. The lowest BCUT2D eigenvalue weighted by atomic mass is 9.86. The maximum absolute atomic E-state index is 10.1. The van der Waals surface area contributed by atoms with E-state index in [1.165, 1.54) is 11.1 Å². The van der Waals surface area contributed by atoms with Crippen LogP contribution in [-0.2, 0) is 5.41 Å². The highest BCUT2D eigenvalue weighted by molar-refractivity contribution is 6.39. The van der Waals surface area contributed by atoms with Crippen molar-refractivity contribution in [3.63, 3.8) is 0 Å². The van der Waals surface area contributed by atoms with Crippen molar-refractivity contribution in [2.75, 3.05) is 6.23 Å². The number of hydrogen-bond donors (Lipinski definition) is 1. The first-order valence-electron chi connectivity index (χ1n) is 9.51. The summed E-state index contributed by atoms with van der Waals surface area (Å²) in [7, 11) is -0.556. The molecule has 0 unspecified atom stereocenters. The van der Waals surface area contributed by atoms with Crippen molar-refractivity contribution in [1.82, 2.24) is 0 Å². The Morgan fingerprint density at radius 1 is 0.852 bits per heavy atom. The third-order valence-corrected chi connectivity index (χ3v) is 6.82. The highest BCUT2D eigenvalue weighted by Gasteiger charge is 2.19. The quantitative estimate of drug-likeness (QED) is 0.615. The van der Waals surface area contributed by atoms with Gasteiger partial charge in [0.15, 0.2) is 0 Å². The molecular formula is C24H28O2Si. The Morgan fingerprint density at radius 2 is 1.41 bits per heavy atom. The molecule has 3 aromatic carbocycles. The van der Waals surface area contributed by atoms with E-state index >= 15 is 0 Å². The van der Waals surface area contributed by atoms with Crippen LogP contribution in [0.15, 0.2) is 78.9 Å². The summed E-state index contributed by atoms with van der Waals surface area (Å²) >= 11 is 0. The Morgan fingerprint density at radius 3 is 1.93 bits per heavy atom. The molecule has 0 bridgehead atoms. The summed E-state index contributed by atoms with van der Waals surface area (Å²) in [5.74, 6) is 1.17. The lowest BCUT2D eigenvalue weighted by Gasteiger charge is -2.22. The molecule has 140 valence electrons.